The van der Waals surface area contributed by atoms with Gasteiger partial charge in [-0.15, -0.1) is 0 Å². The predicted octanol–water partition coefficient (Wildman–Crippen LogP) is -0.0594. The van der Waals surface area contributed by atoms with Crippen molar-refractivity contribution >= 4 is 23.6 Å². The van der Waals surface area contributed by atoms with Gasteiger partial charge in [0.2, 0.25) is 0 Å². The van der Waals surface area contributed by atoms with Crippen LogP contribution in [0.25, 0.3) is 0 Å². The van der Waals surface area contributed by atoms with Crippen LogP contribution in [0.2, 0.25) is 0 Å². The van der Waals surface area contributed by atoms with Gasteiger partial charge in [-0.25, -0.2) is 4.99 Å². The second-order valence-electron chi connectivity index (χ2n) is 4.27. The van der Waals surface area contributed by atoms with Gasteiger partial charge in [0.1, 0.15) is 5.75 Å². The van der Waals surface area contributed by atoms with E-state index in [9.17, 15) is 4.79 Å². The molecule has 1 rings (SSSR count). The number of hydrogen-bond donors (Lipinski definition) is 4. The van der Waals surface area contributed by atoms with Crippen LogP contribution < -0.4 is 27.7 Å². The fourth-order valence-electron chi connectivity index (χ4n) is 1.51. The molecule has 0 heterocycles. The predicted molar refractivity (Wildman–Crippen MR) is 82.1 cm³/mol. The lowest BCUT2D eigenvalue weighted by Crippen LogP contribution is -2.23. The molecule has 0 aliphatic heterocycles. The van der Waals surface area contributed by atoms with E-state index in [1.54, 1.807) is 24.3 Å². The summed E-state index contributed by atoms with van der Waals surface area (Å²) in [5, 5.41) is 0. The monoisotopic (exact) mass is 292 g/mol. The van der Waals surface area contributed by atoms with Crippen LogP contribution in [0, 0.1) is 0 Å². The molecule has 21 heavy (non-hydrogen) atoms. The van der Waals surface area contributed by atoms with Gasteiger partial charge in [0.15, 0.2) is 11.9 Å². The molecule has 0 aliphatic rings. The molecule has 1 aromatic carbocycles. The summed E-state index contributed by atoms with van der Waals surface area (Å²) in [4.78, 5) is 19.3. The van der Waals surface area contributed by atoms with Crippen LogP contribution in [0.1, 0.15) is 19.3 Å². The number of rotatable bonds is 7. The molecule has 114 valence electrons. The van der Waals surface area contributed by atoms with Crippen LogP contribution in [0.4, 0.5) is 5.69 Å². The number of esters is 1. The lowest BCUT2D eigenvalue weighted by molar-refractivity contribution is -0.134. The molecule has 0 saturated carbocycles. The molecular weight excluding hydrogens is 272 g/mol. The lowest BCUT2D eigenvalue weighted by atomic mass is 10.2. The first-order chi connectivity index (χ1) is 9.97. The zero-order chi connectivity index (χ0) is 15.7. The number of nitrogens with zero attached hydrogens (tertiary/aromatic N) is 2. The van der Waals surface area contributed by atoms with Gasteiger partial charge in [0.25, 0.3) is 0 Å². The summed E-state index contributed by atoms with van der Waals surface area (Å²) in [6, 6.07) is 6.56. The Kier molecular flexibility index (Phi) is 6.52. The van der Waals surface area contributed by atoms with Crippen molar-refractivity contribution in [1.82, 2.24) is 0 Å². The first kappa shape index (κ1) is 16.3. The van der Waals surface area contributed by atoms with Gasteiger partial charge in [-0.2, -0.15) is 0 Å². The molecule has 0 unspecified atom stereocenters. The second-order valence-corrected chi connectivity index (χ2v) is 4.27. The van der Waals surface area contributed by atoms with Gasteiger partial charge in [-0.1, -0.05) is 0 Å². The van der Waals surface area contributed by atoms with E-state index < -0.39 is 0 Å². The van der Waals surface area contributed by atoms with Crippen LogP contribution >= 0.6 is 0 Å². The standard InChI is InChI=1S/C13H20N6O2/c14-12(15)18-8-2-1-3-11(20)21-10-6-4-9(5-7-10)19-13(16)17/h4-7H,1-3,8H2,(H4,14,15,18)(H4,16,17,19). The van der Waals surface area contributed by atoms with Gasteiger partial charge in [0, 0.05) is 13.0 Å². The summed E-state index contributed by atoms with van der Waals surface area (Å²) >= 11 is 0. The number of carbonyl (C=O) groups excluding carboxylic acids is 1. The lowest BCUT2D eigenvalue weighted by Gasteiger charge is -2.04. The Morgan fingerprint density at radius 3 is 2.24 bits per heavy atom. The third kappa shape index (κ3) is 7.41. The van der Waals surface area contributed by atoms with E-state index in [-0.39, 0.29) is 17.9 Å². The fourth-order valence-corrected chi connectivity index (χ4v) is 1.51. The molecule has 0 amide bonds. The Hall–Kier alpha value is -2.77. The summed E-state index contributed by atoms with van der Waals surface area (Å²) in [6.45, 7) is 0.503. The van der Waals surface area contributed by atoms with Gasteiger partial charge in [0.05, 0.1) is 5.69 Å². The molecular formula is C13H20N6O2. The minimum absolute atomic E-state index is 0.0273. The first-order valence-corrected chi connectivity index (χ1v) is 6.43. The second kappa shape index (κ2) is 8.41. The Morgan fingerprint density at radius 1 is 1.00 bits per heavy atom. The molecule has 0 aromatic heterocycles. The Balaban J connectivity index is 2.34. The molecule has 0 spiro atoms. The molecule has 0 bridgehead atoms. The van der Waals surface area contributed by atoms with Crippen molar-refractivity contribution in [3.63, 3.8) is 0 Å². The van der Waals surface area contributed by atoms with Gasteiger partial charge >= 0.3 is 5.97 Å². The van der Waals surface area contributed by atoms with E-state index in [4.69, 9.17) is 27.7 Å². The van der Waals surface area contributed by atoms with Gasteiger partial charge in [-0.05, 0) is 37.1 Å². The van der Waals surface area contributed by atoms with Crippen LogP contribution in [-0.2, 0) is 4.79 Å². The number of ether oxygens (including phenoxy) is 1. The van der Waals surface area contributed by atoms with Crippen molar-refractivity contribution in [2.45, 2.75) is 19.3 Å². The maximum absolute atomic E-state index is 11.6. The molecule has 8 heteroatoms. The van der Waals surface area contributed by atoms with Crippen molar-refractivity contribution < 1.29 is 9.53 Å². The number of aliphatic imine (C=N–C) groups is 2. The molecule has 0 radical (unpaired) electrons. The largest absolute Gasteiger partial charge is 0.427 e. The highest BCUT2D eigenvalue weighted by Crippen LogP contribution is 2.18. The maximum Gasteiger partial charge on any atom is 0.311 e. The van der Waals surface area contributed by atoms with E-state index in [0.29, 0.717) is 30.8 Å². The van der Waals surface area contributed by atoms with Crippen LogP contribution in [0.15, 0.2) is 34.3 Å². The number of guanidine groups is 2. The molecule has 0 fully saturated rings. The highest BCUT2D eigenvalue weighted by molar-refractivity contribution is 5.79. The van der Waals surface area contributed by atoms with Crippen LogP contribution in [-0.4, -0.2) is 24.4 Å². The Morgan fingerprint density at radius 2 is 1.67 bits per heavy atom. The summed E-state index contributed by atoms with van der Waals surface area (Å²) in [6.07, 6.45) is 1.67. The van der Waals surface area contributed by atoms with Crippen molar-refractivity contribution in [2.75, 3.05) is 6.54 Å². The first-order valence-electron chi connectivity index (χ1n) is 6.43. The van der Waals surface area contributed by atoms with E-state index in [1.807, 2.05) is 0 Å². The molecule has 8 N–H and O–H groups in total. The zero-order valence-electron chi connectivity index (χ0n) is 11.7. The van der Waals surface area contributed by atoms with E-state index >= 15 is 0 Å². The fraction of sp³-hybridized carbons (Fsp3) is 0.308. The molecule has 1 aromatic rings. The topological polar surface area (TPSA) is 155 Å². The molecule has 8 nitrogen and oxygen atoms in total. The summed E-state index contributed by atoms with van der Waals surface area (Å²) < 4.78 is 5.17. The third-order valence-corrected chi connectivity index (χ3v) is 2.41. The number of carbonyl (C=O) groups is 1. The van der Waals surface area contributed by atoms with Gasteiger partial charge < -0.3 is 27.7 Å². The quantitative estimate of drug-likeness (QED) is 0.181. The Labute approximate surface area is 122 Å². The van der Waals surface area contributed by atoms with E-state index in [2.05, 4.69) is 9.98 Å². The Bertz CT molecular complexity index is 516. The summed E-state index contributed by atoms with van der Waals surface area (Å²) in [7, 11) is 0. The van der Waals surface area contributed by atoms with Crippen molar-refractivity contribution in [1.29, 1.82) is 0 Å². The third-order valence-electron chi connectivity index (χ3n) is 2.41. The van der Waals surface area contributed by atoms with E-state index in [0.717, 1.165) is 6.42 Å². The van der Waals surface area contributed by atoms with Crippen molar-refractivity contribution in [2.24, 2.45) is 32.9 Å². The molecule has 0 saturated heterocycles. The average Bonchev–Trinajstić information content (AvgIpc) is 2.39. The van der Waals surface area contributed by atoms with E-state index in [1.165, 1.54) is 0 Å². The maximum atomic E-state index is 11.6. The number of hydrogen-bond acceptors (Lipinski definition) is 4. The SMILES string of the molecule is NC(N)=NCCCCC(=O)Oc1ccc(N=C(N)N)cc1. The average molecular weight is 292 g/mol. The highest BCUT2D eigenvalue weighted by Gasteiger charge is 2.04. The molecule has 0 atom stereocenters. The zero-order valence-corrected chi connectivity index (χ0v) is 11.7. The normalized spacial score (nSPS) is 9.71. The smallest absolute Gasteiger partial charge is 0.311 e. The summed E-state index contributed by atoms with van der Waals surface area (Å²) in [5.41, 5.74) is 21.5. The van der Waals surface area contributed by atoms with Gasteiger partial charge in [-0.3, -0.25) is 9.79 Å². The minimum atomic E-state index is -0.311. The van der Waals surface area contributed by atoms with Crippen LogP contribution in [0.3, 0.4) is 0 Å². The van der Waals surface area contributed by atoms with Crippen LogP contribution in [0.5, 0.6) is 5.75 Å². The minimum Gasteiger partial charge on any atom is -0.427 e. The van der Waals surface area contributed by atoms with Crippen molar-refractivity contribution in [3.8, 4) is 5.75 Å². The number of nitrogens with two attached hydrogens (primary N) is 4. The number of unbranched alkanes of at least 4 members (excludes halogenated alkanes) is 1. The highest BCUT2D eigenvalue weighted by atomic mass is 16.5. The molecule has 0 aliphatic carbocycles. The number of benzene rings is 1. The summed E-state index contributed by atoms with van der Waals surface area (Å²) in [5.74, 6) is 0.159. The van der Waals surface area contributed by atoms with Crippen molar-refractivity contribution in [3.05, 3.63) is 24.3 Å².